The van der Waals surface area contributed by atoms with Crippen molar-refractivity contribution in [2.45, 2.75) is 6.92 Å². The average molecular weight is 354 g/mol. The van der Waals surface area contributed by atoms with Crippen LogP contribution in [0.5, 0.6) is 5.75 Å². The number of halogens is 1. The Kier molecular flexibility index (Phi) is 4.37. The fourth-order valence-electron chi connectivity index (χ4n) is 1.92. The number of hydrogen-bond donors (Lipinski definition) is 2. The number of carboxylic acids is 1. The van der Waals surface area contributed by atoms with E-state index in [4.69, 9.17) is 5.11 Å². The molecule has 0 radical (unpaired) electrons. The molecular formula is C13H12BrN3O4. The molecule has 1 aromatic heterocycles. The Balaban J connectivity index is 2.61. The van der Waals surface area contributed by atoms with Gasteiger partial charge in [-0.2, -0.15) is 0 Å². The predicted octanol–water partition coefficient (Wildman–Crippen LogP) is 1.64. The summed E-state index contributed by atoms with van der Waals surface area (Å²) in [5.41, 5.74) is 0.597. The molecule has 8 heteroatoms. The lowest BCUT2D eigenvalue weighted by molar-refractivity contribution is -0.137. The van der Waals surface area contributed by atoms with Crippen molar-refractivity contribution in [3.8, 4) is 5.75 Å². The summed E-state index contributed by atoms with van der Waals surface area (Å²) in [5, 5.41) is 19.0. The Morgan fingerprint density at radius 1 is 1.33 bits per heavy atom. The lowest BCUT2D eigenvalue weighted by atomic mass is 10.1. The highest BCUT2D eigenvalue weighted by atomic mass is 79.9. The van der Waals surface area contributed by atoms with Crippen LogP contribution >= 0.6 is 15.9 Å². The first-order chi connectivity index (χ1) is 9.95. The van der Waals surface area contributed by atoms with Gasteiger partial charge in [0.1, 0.15) is 23.4 Å². The van der Waals surface area contributed by atoms with Gasteiger partial charge in [-0.3, -0.25) is 19.6 Å². The van der Waals surface area contributed by atoms with E-state index in [9.17, 15) is 14.7 Å². The number of aliphatic carboxylic acids is 1. The SMILES string of the molecule is CCN(CC(=O)O)C(=O)c1c(O)c(Br)cc2nccnc12. The van der Waals surface area contributed by atoms with Gasteiger partial charge in [-0.1, -0.05) is 0 Å². The summed E-state index contributed by atoms with van der Waals surface area (Å²) in [4.78, 5) is 32.6. The highest BCUT2D eigenvalue weighted by molar-refractivity contribution is 9.10. The number of hydrogen-bond acceptors (Lipinski definition) is 5. The summed E-state index contributed by atoms with van der Waals surface area (Å²) in [5.74, 6) is -2.02. The summed E-state index contributed by atoms with van der Waals surface area (Å²) in [6, 6.07) is 1.54. The number of aromatic hydroxyl groups is 1. The molecule has 0 saturated heterocycles. The number of carboxylic acid groups (broad SMARTS) is 1. The van der Waals surface area contributed by atoms with Crippen LogP contribution in [0.1, 0.15) is 17.3 Å². The first-order valence-corrected chi connectivity index (χ1v) is 6.88. The average Bonchev–Trinajstić information content (AvgIpc) is 2.45. The zero-order valence-corrected chi connectivity index (χ0v) is 12.7. The van der Waals surface area contributed by atoms with E-state index in [1.54, 1.807) is 13.0 Å². The second-order valence-corrected chi connectivity index (χ2v) is 5.07. The second-order valence-electron chi connectivity index (χ2n) is 4.22. The van der Waals surface area contributed by atoms with Gasteiger partial charge in [-0.05, 0) is 28.9 Å². The van der Waals surface area contributed by atoms with Crippen LogP contribution < -0.4 is 0 Å². The van der Waals surface area contributed by atoms with E-state index < -0.39 is 18.4 Å². The third kappa shape index (κ3) is 2.94. The van der Waals surface area contributed by atoms with E-state index in [0.29, 0.717) is 9.99 Å². The van der Waals surface area contributed by atoms with Crippen LogP contribution in [0, 0.1) is 0 Å². The Morgan fingerprint density at radius 2 is 2.00 bits per heavy atom. The van der Waals surface area contributed by atoms with Crippen LogP contribution in [0.3, 0.4) is 0 Å². The molecule has 2 N–H and O–H groups in total. The van der Waals surface area contributed by atoms with Crippen LogP contribution in [0.4, 0.5) is 0 Å². The molecule has 1 amide bonds. The van der Waals surface area contributed by atoms with Crippen molar-refractivity contribution in [3.05, 3.63) is 28.5 Å². The Morgan fingerprint density at radius 3 is 2.62 bits per heavy atom. The number of carbonyl (C=O) groups excluding carboxylic acids is 1. The van der Waals surface area contributed by atoms with Crippen LogP contribution in [-0.2, 0) is 4.79 Å². The molecule has 0 aliphatic heterocycles. The number of aromatic nitrogens is 2. The van der Waals surface area contributed by atoms with E-state index in [2.05, 4.69) is 25.9 Å². The van der Waals surface area contributed by atoms with Crippen molar-refractivity contribution in [2.75, 3.05) is 13.1 Å². The van der Waals surface area contributed by atoms with Gasteiger partial charge in [0.05, 0.1) is 9.99 Å². The molecule has 2 aromatic rings. The number of likely N-dealkylation sites (N-methyl/N-ethyl adjacent to an activating group) is 1. The van der Waals surface area contributed by atoms with Gasteiger partial charge in [0.15, 0.2) is 0 Å². The van der Waals surface area contributed by atoms with Crippen LogP contribution in [0.25, 0.3) is 11.0 Å². The minimum Gasteiger partial charge on any atom is -0.506 e. The number of amides is 1. The maximum atomic E-state index is 12.5. The monoisotopic (exact) mass is 353 g/mol. The largest absolute Gasteiger partial charge is 0.506 e. The maximum absolute atomic E-state index is 12.5. The standard InChI is InChI=1S/C13H12BrN3O4/c1-2-17(6-9(18)19)13(21)10-11-8(15-3-4-16-11)5-7(14)12(10)20/h3-5,20H,2,6H2,1H3,(H,18,19). The molecular weight excluding hydrogens is 342 g/mol. The lowest BCUT2D eigenvalue weighted by Gasteiger charge is -2.20. The van der Waals surface area contributed by atoms with Crippen molar-refractivity contribution in [1.29, 1.82) is 0 Å². The number of phenols is 1. The molecule has 21 heavy (non-hydrogen) atoms. The molecule has 0 fully saturated rings. The minimum absolute atomic E-state index is 0.0597. The van der Waals surface area contributed by atoms with Gasteiger partial charge in [0.25, 0.3) is 5.91 Å². The Labute approximate surface area is 128 Å². The molecule has 0 aliphatic rings. The van der Waals surface area contributed by atoms with Gasteiger partial charge in [0, 0.05) is 18.9 Å². The van der Waals surface area contributed by atoms with Gasteiger partial charge in [-0.15, -0.1) is 0 Å². The maximum Gasteiger partial charge on any atom is 0.323 e. The van der Waals surface area contributed by atoms with Gasteiger partial charge >= 0.3 is 5.97 Å². The fraction of sp³-hybridized carbons (Fsp3) is 0.231. The summed E-state index contributed by atoms with van der Waals surface area (Å²) in [7, 11) is 0. The van der Waals surface area contributed by atoms with Crippen LogP contribution in [-0.4, -0.2) is 50.0 Å². The molecule has 1 heterocycles. The number of nitrogens with zero attached hydrogens (tertiary/aromatic N) is 3. The quantitative estimate of drug-likeness (QED) is 0.865. The molecule has 2 rings (SSSR count). The van der Waals surface area contributed by atoms with E-state index in [1.807, 2.05) is 0 Å². The summed E-state index contributed by atoms with van der Waals surface area (Å²) in [6.07, 6.45) is 2.87. The lowest BCUT2D eigenvalue weighted by Crippen LogP contribution is -2.35. The first-order valence-electron chi connectivity index (χ1n) is 6.09. The topological polar surface area (TPSA) is 104 Å². The fourth-order valence-corrected chi connectivity index (χ4v) is 2.33. The predicted molar refractivity (Wildman–Crippen MR) is 78.1 cm³/mol. The van der Waals surface area contributed by atoms with Gasteiger partial charge in [-0.25, -0.2) is 0 Å². The minimum atomic E-state index is -1.13. The zero-order valence-electron chi connectivity index (χ0n) is 11.1. The summed E-state index contributed by atoms with van der Waals surface area (Å²) < 4.78 is 0.297. The molecule has 1 aromatic carbocycles. The first kappa shape index (κ1) is 15.2. The van der Waals surface area contributed by atoms with Gasteiger partial charge in [0.2, 0.25) is 0 Å². The van der Waals surface area contributed by atoms with Crippen molar-refractivity contribution in [3.63, 3.8) is 0 Å². The van der Waals surface area contributed by atoms with Crippen LogP contribution in [0.15, 0.2) is 22.9 Å². The van der Waals surface area contributed by atoms with Gasteiger partial charge < -0.3 is 15.1 Å². The van der Waals surface area contributed by atoms with E-state index in [-0.39, 0.29) is 23.4 Å². The highest BCUT2D eigenvalue weighted by Crippen LogP contribution is 2.33. The third-order valence-corrected chi connectivity index (χ3v) is 3.50. The molecule has 0 spiro atoms. The smallest absolute Gasteiger partial charge is 0.323 e. The molecule has 0 aliphatic carbocycles. The zero-order chi connectivity index (χ0) is 15.6. The number of rotatable bonds is 4. The molecule has 7 nitrogen and oxygen atoms in total. The Hall–Kier alpha value is -2.22. The third-order valence-electron chi connectivity index (χ3n) is 2.90. The van der Waals surface area contributed by atoms with Crippen molar-refractivity contribution < 1.29 is 19.8 Å². The Bertz CT molecular complexity index is 720. The van der Waals surface area contributed by atoms with Crippen LogP contribution in [0.2, 0.25) is 0 Å². The highest BCUT2D eigenvalue weighted by Gasteiger charge is 2.25. The van der Waals surface area contributed by atoms with Crippen molar-refractivity contribution in [1.82, 2.24) is 14.9 Å². The normalized spacial score (nSPS) is 10.6. The number of carbonyl (C=O) groups is 2. The van der Waals surface area contributed by atoms with Crippen molar-refractivity contribution >= 4 is 38.8 Å². The van der Waals surface area contributed by atoms with E-state index in [0.717, 1.165) is 4.90 Å². The molecule has 0 atom stereocenters. The van der Waals surface area contributed by atoms with Crippen molar-refractivity contribution in [2.24, 2.45) is 0 Å². The van der Waals surface area contributed by atoms with E-state index >= 15 is 0 Å². The molecule has 0 saturated carbocycles. The molecule has 0 unspecified atom stereocenters. The molecule has 0 bridgehead atoms. The number of benzene rings is 1. The number of phenolic OH excluding ortho intramolecular Hbond substituents is 1. The second kappa shape index (κ2) is 6.04. The summed E-state index contributed by atoms with van der Waals surface area (Å²) >= 11 is 3.15. The molecule has 110 valence electrons. The number of fused-ring (bicyclic) bond motifs is 1. The summed E-state index contributed by atoms with van der Waals surface area (Å²) in [6.45, 7) is 1.39. The van der Waals surface area contributed by atoms with E-state index in [1.165, 1.54) is 12.4 Å².